The Morgan fingerprint density at radius 1 is 0.500 bits per heavy atom. The van der Waals surface area contributed by atoms with Gasteiger partial charge in [0.15, 0.2) is 0 Å². The monoisotopic (exact) mass is 736 g/mol. The molecule has 0 aliphatic heterocycles. The minimum atomic E-state index is -4.60. The third-order valence-corrected chi connectivity index (χ3v) is 10.5. The van der Waals surface area contributed by atoms with Crippen LogP contribution in [0.5, 0.6) is 0 Å². The molecule has 0 aromatic heterocycles. The maximum atomic E-state index is 12.1. The summed E-state index contributed by atoms with van der Waals surface area (Å²) in [5.74, 6) is 0. The van der Waals surface area contributed by atoms with Crippen LogP contribution in [0.25, 0.3) is 32.7 Å². The Labute approximate surface area is 301 Å². The van der Waals surface area contributed by atoms with Crippen LogP contribution in [0.1, 0.15) is 37.8 Å². The predicted octanol–water partition coefficient (Wildman–Crippen LogP) is 10.1. The van der Waals surface area contributed by atoms with Crippen LogP contribution < -0.4 is 11.5 Å². The molecule has 0 aliphatic rings. The molecule has 0 saturated carbocycles. The molecular formula is C38H36N6O6S2. The van der Waals surface area contributed by atoms with Gasteiger partial charge in [0.2, 0.25) is 0 Å². The van der Waals surface area contributed by atoms with Crippen molar-refractivity contribution in [2.24, 2.45) is 20.5 Å². The van der Waals surface area contributed by atoms with Gasteiger partial charge >= 0.3 is 0 Å². The highest BCUT2D eigenvalue weighted by Gasteiger charge is 2.20. The van der Waals surface area contributed by atoms with E-state index in [0.29, 0.717) is 45.8 Å². The average Bonchev–Trinajstić information content (AvgIpc) is 3.11. The highest BCUT2D eigenvalue weighted by atomic mass is 32.2. The normalized spacial score (nSPS) is 12.5. The first-order chi connectivity index (χ1) is 24.8. The van der Waals surface area contributed by atoms with Crippen LogP contribution in [0.4, 0.5) is 34.1 Å². The van der Waals surface area contributed by atoms with E-state index in [2.05, 4.69) is 34.3 Å². The van der Waals surface area contributed by atoms with Crippen LogP contribution >= 0.6 is 0 Å². The molecule has 0 bridgehead atoms. The van der Waals surface area contributed by atoms with Gasteiger partial charge in [-0.05, 0) is 71.5 Å². The van der Waals surface area contributed by atoms with E-state index in [1.807, 2.05) is 36.4 Å². The number of rotatable bonds is 11. The van der Waals surface area contributed by atoms with Crippen LogP contribution in [0.3, 0.4) is 0 Å². The molecule has 52 heavy (non-hydrogen) atoms. The maximum absolute atomic E-state index is 12.1. The average molecular weight is 737 g/mol. The highest BCUT2D eigenvalue weighted by molar-refractivity contribution is 7.86. The number of anilines is 2. The summed E-state index contributed by atoms with van der Waals surface area (Å²) in [4.78, 5) is -0.861. The van der Waals surface area contributed by atoms with Crippen molar-refractivity contribution in [2.45, 2.75) is 49.3 Å². The fourth-order valence-electron chi connectivity index (χ4n) is 6.18. The molecule has 0 heterocycles. The summed E-state index contributed by atoms with van der Waals surface area (Å²) < 4.78 is 68.0. The third kappa shape index (κ3) is 7.41. The van der Waals surface area contributed by atoms with E-state index in [0.717, 1.165) is 35.1 Å². The Kier molecular flexibility index (Phi) is 10.2. The molecule has 0 unspecified atom stereocenters. The molecule has 0 spiro atoms. The van der Waals surface area contributed by atoms with Gasteiger partial charge in [-0.3, -0.25) is 9.11 Å². The summed E-state index contributed by atoms with van der Waals surface area (Å²) in [5.41, 5.74) is 17.5. The summed E-state index contributed by atoms with van der Waals surface area (Å²) in [6.45, 7) is 4.11. The Balaban J connectivity index is 1.37. The van der Waals surface area contributed by atoms with Crippen LogP contribution in [0, 0.1) is 0 Å². The lowest BCUT2D eigenvalue weighted by Gasteiger charge is -2.12. The summed E-state index contributed by atoms with van der Waals surface area (Å²) in [5, 5.41) is 19.9. The zero-order valence-electron chi connectivity index (χ0n) is 28.4. The van der Waals surface area contributed by atoms with Crippen molar-refractivity contribution < 1.29 is 25.9 Å². The van der Waals surface area contributed by atoms with Crippen molar-refractivity contribution in [1.82, 2.24) is 0 Å². The lowest BCUT2D eigenvalue weighted by molar-refractivity contribution is 0.481. The summed E-state index contributed by atoms with van der Waals surface area (Å²) in [6, 6.07) is 28.0. The minimum Gasteiger partial charge on any atom is -0.397 e. The second kappa shape index (κ2) is 14.6. The first-order valence-corrected chi connectivity index (χ1v) is 19.3. The molecule has 12 nitrogen and oxygen atoms in total. The number of hydrogen-bond acceptors (Lipinski definition) is 10. The van der Waals surface area contributed by atoms with Gasteiger partial charge in [-0.15, -0.1) is 10.2 Å². The minimum absolute atomic E-state index is 0.0620. The van der Waals surface area contributed by atoms with Gasteiger partial charge in [0, 0.05) is 21.5 Å². The van der Waals surface area contributed by atoms with Crippen molar-refractivity contribution in [1.29, 1.82) is 0 Å². The van der Waals surface area contributed by atoms with Crippen molar-refractivity contribution in [3.8, 4) is 11.1 Å². The van der Waals surface area contributed by atoms with Crippen LogP contribution in [-0.2, 0) is 33.1 Å². The Bertz CT molecular complexity index is 2460. The van der Waals surface area contributed by atoms with E-state index in [1.165, 1.54) is 12.1 Å². The molecule has 0 aliphatic carbocycles. The molecule has 0 amide bonds. The van der Waals surface area contributed by atoms with E-state index >= 15 is 0 Å². The standard InChI is InChI=1S/C38H36N6O6S2/c1-3-9-25-19-23(15-17-31(25)41-43-33-21-35(51(45,46)47)37(39)29-13-7-5-11-27(29)33)24-16-18-32(26(20-24)10-4-2)42-44-34-22-36(52(48,49)50)38(40)30-14-8-6-12-28(30)34/h5-8,11-22H,3-4,9-10,39-40H2,1-2H3,(H,45,46,47)(H,48,49,50). The summed E-state index contributed by atoms with van der Waals surface area (Å²) in [7, 11) is -9.21. The van der Waals surface area contributed by atoms with Gasteiger partial charge in [0.1, 0.15) is 9.79 Å². The van der Waals surface area contributed by atoms with Crippen molar-refractivity contribution in [3.05, 3.63) is 108 Å². The zero-order chi connectivity index (χ0) is 37.2. The Morgan fingerprint density at radius 2 is 0.846 bits per heavy atom. The van der Waals surface area contributed by atoms with E-state index in [9.17, 15) is 25.9 Å². The van der Waals surface area contributed by atoms with Crippen molar-refractivity contribution in [3.63, 3.8) is 0 Å². The summed E-state index contributed by atoms with van der Waals surface area (Å²) in [6.07, 6.45) is 3.08. The van der Waals surface area contributed by atoms with Gasteiger partial charge in [-0.1, -0.05) is 87.4 Å². The lowest BCUT2D eigenvalue weighted by atomic mass is 9.96. The Hall–Kier alpha value is -5.54. The molecule has 6 aromatic rings. The molecule has 0 atom stereocenters. The van der Waals surface area contributed by atoms with Gasteiger partial charge in [0.05, 0.1) is 34.1 Å². The van der Waals surface area contributed by atoms with E-state index < -0.39 is 30.0 Å². The first-order valence-electron chi connectivity index (χ1n) is 16.5. The third-order valence-electron chi connectivity index (χ3n) is 8.67. The zero-order valence-corrected chi connectivity index (χ0v) is 30.0. The predicted molar refractivity (Wildman–Crippen MR) is 205 cm³/mol. The number of azo groups is 2. The number of aryl methyl sites for hydroxylation is 2. The molecule has 6 aromatic carbocycles. The molecule has 0 radical (unpaired) electrons. The van der Waals surface area contributed by atoms with E-state index in [4.69, 9.17) is 11.5 Å². The molecular weight excluding hydrogens is 701 g/mol. The smallest absolute Gasteiger partial charge is 0.296 e. The highest BCUT2D eigenvalue weighted by Crippen LogP contribution is 2.39. The second-order valence-corrected chi connectivity index (χ2v) is 15.0. The number of nitrogen functional groups attached to an aromatic ring is 2. The van der Waals surface area contributed by atoms with Crippen LogP contribution in [0.15, 0.2) is 127 Å². The second-order valence-electron chi connectivity index (χ2n) is 12.2. The fraction of sp³-hybridized carbons (Fsp3) is 0.158. The molecule has 6 rings (SSSR count). The van der Waals surface area contributed by atoms with Gasteiger partial charge in [-0.25, -0.2) is 0 Å². The van der Waals surface area contributed by atoms with Gasteiger partial charge < -0.3 is 11.5 Å². The number of benzene rings is 6. The molecule has 14 heteroatoms. The van der Waals surface area contributed by atoms with Crippen LogP contribution in [-0.4, -0.2) is 25.9 Å². The molecule has 266 valence electrons. The van der Waals surface area contributed by atoms with Gasteiger partial charge in [-0.2, -0.15) is 27.1 Å². The quantitative estimate of drug-likeness (QED) is 0.0569. The molecule has 6 N–H and O–H groups in total. The van der Waals surface area contributed by atoms with Crippen LogP contribution in [0.2, 0.25) is 0 Å². The SMILES string of the molecule is CCCc1cc(-c2ccc(N=Nc3cc(S(=O)(=O)O)c(N)c4ccccc34)c(CCC)c2)ccc1N=Nc1cc(S(=O)(=O)O)c(N)c2ccccc12. The summed E-state index contributed by atoms with van der Waals surface area (Å²) >= 11 is 0. The number of fused-ring (bicyclic) bond motifs is 2. The van der Waals surface area contributed by atoms with Crippen molar-refractivity contribution in [2.75, 3.05) is 11.5 Å². The fourth-order valence-corrected chi connectivity index (χ4v) is 7.48. The number of nitrogens with two attached hydrogens (primary N) is 2. The largest absolute Gasteiger partial charge is 0.397 e. The van der Waals surface area contributed by atoms with Gasteiger partial charge in [0.25, 0.3) is 20.2 Å². The van der Waals surface area contributed by atoms with Crippen molar-refractivity contribution >= 4 is 75.9 Å². The molecule has 0 saturated heterocycles. The lowest BCUT2D eigenvalue weighted by Crippen LogP contribution is -2.03. The Morgan fingerprint density at radius 3 is 1.19 bits per heavy atom. The van der Waals surface area contributed by atoms with E-state index in [-0.39, 0.29) is 22.7 Å². The first kappa shape index (κ1) is 36.3. The van der Waals surface area contributed by atoms with E-state index in [1.54, 1.807) is 48.5 Å². The molecule has 0 fully saturated rings. The number of hydrogen-bond donors (Lipinski definition) is 4. The topological polar surface area (TPSA) is 210 Å². The maximum Gasteiger partial charge on any atom is 0.296 e. The number of nitrogens with zero attached hydrogens (tertiary/aromatic N) is 4.